The molecular formula is C16H23BrN2O2. The predicted octanol–water partition coefficient (Wildman–Crippen LogP) is 4.81. The van der Waals surface area contributed by atoms with Crippen molar-refractivity contribution >= 4 is 21.6 Å². The number of benzene rings is 1. The second-order valence-electron chi connectivity index (χ2n) is 5.96. The van der Waals surface area contributed by atoms with Crippen LogP contribution in [0.5, 0.6) is 0 Å². The van der Waals surface area contributed by atoms with E-state index in [1.54, 1.807) is 12.1 Å². The van der Waals surface area contributed by atoms with Gasteiger partial charge >= 0.3 is 0 Å². The largest absolute Gasteiger partial charge is 0.310 e. The van der Waals surface area contributed by atoms with E-state index in [4.69, 9.17) is 0 Å². The maximum Gasteiger partial charge on any atom is 0.270 e. The second kappa shape index (κ2) is 7.90. The van der Waals surface area contributed by atoms with E-state index in [2.05, 4.69) is 28.2 Å². The molecule has 1 aliphatic rings. The zero-order valence-electron chi connectivity index (χ0n) is 12.5. The SMILES string of the molecule is CCCC1CCC(NCc2cc(Br)cc([N+](=O)[O-])c2)CC1. The Morgan fingerprint density at radius 1 is 1.29 bits per heavy atom. The average Bonchev–Trinajstić information content (AvgIpc) is 2.46. The summed E-state index contributed by atoms with van der Waals surface area (Å²) in [6.07, 6.45) is 7.70. The number of rotatable bonds is 6. The molecular weight excluding hydrogens is 332 g/mol. The molecule has 2 rings (SSSR count). The van der Waals surface area contributed by atoms with E-state index in [9.17, 15) is 10.1 Å². The summed E-state index contributed by atoms with van der Waals surface area (Å²) in [6.45, 7) is 2.95. The van der Waals surface area contributed by atoms with E-state index in [0.717, 1.165) is 16.0 Å². The first kappa shape index (κ1) is 16.4. The van der Waals surface area contributed by atoms with Crippen LogP contribution < -0.4 is 5.32 Å². The van der Waals surface area contributed by atoms with Crippen LogP contribution in [0.25, 0.3) is 0 Å². The molecule has 0 radical (unpaired) electrons. The lowest BCUT2D eigenvalue weighted by Crippen LogP contribution is -2.32. The zero-order valence-corrected chi connectivity index (χ0v) is 14.1. The zero-order chi connectivity index (χ0) is 15.2. The van der Waals surface area contributed by atoms with Gasteiger partial charge in [-0.15, -0.1) is 0 Å². The second-order valence-corrected chi connectivity index (χ2v) is 6.88. The Kier molecular flexibility index (Phi) is 6.18. The fraction of sp³-hybridized carbons (Fsp3) is 0.625. The van der Waals surface area contributed by atoms with E-state index in [0.29, 0.717) is 12.6 Å². The van der Waals surface area contributed by atoms with Crippen LogP contribution in [0.4, 0.5) is 5.69 Å². The summed E-state index contributed by atoms with van der Waals surface area (Å²) >= 11 is 3.34. The number of nitro groups is 1. The number of nitro benzene ring substituents is 1. The van der Waals surface area contributed by atoms with Crippen molar-refractivity contribution in [2.45, 2.75) is 58.0 Å². The summed E-state index contributed by atoms with van der Waals surface area (Å²) in [5.74, 6) is 0.903. The third kappa shape index (κ3) is 5.08. The van der Waals surface area contributed by atoms with Crippen molar-refractivity contribution in [2.75, 3.05) is 0 Å². The van der Waals surface area contributed by atoms with Crippen molar-refractivity contribution in [3.8, 4) is 0 Å². The summed E-state index contributed by atoms with van der Waals surface area (Å²) in [5.41, 5.74) is 1.11. The molecule has 0 spiro atoms. The van der Waals surface area contributed by atoms with Crippen molar-refractivity contribution in [2.24, 2.45) is 5.92 Å². The lowest BCUT2D eigenvalue weighted by Gasteiger charge is -2.29. The number of nitrogens with one attached hydrogen (secondary N) is 1. The first-order valence-electron chi connectivity index (χ1n) is 7.75. The van der Waals surface area contributed by atoms with Gasteiger partial charge < -0.3 is 5.32 Å². The molecule has 0 saturated heterocycles. The summed E-state index contributed by atoms with van der Waals surface area (Å²) in [4.78, 5) is 10.5. The maximum absolute atomic E-state index is 10.9. The Labute approximate surface area is 134 Å². The molecule has 0 aliphatic heterocycles. The molecule has 1 saturated carbocycles. The summed E-state index contributed by atoms with van der Waals surface area (Å²) in [5, 5.41) is 14.4. The molecule has 21 heavy (non-hydrogen) atoms. The van der Waals surface area contributed by atoms with Crippen LogP contribution in [0.15, 0.2) is 22.7 Å². The fourth-order valence-corrected chi connectivity index (χ4v) is 3.70. The third-order valence-corrected chi connectivity index (χ3v) is 4.75. The van der Waals surface area contributed by atoms with E-state index in [-0.39, 0.29) is 10.6 Å². The van der Waals surface area contributed by atoms with Gasteiger partial charge in [-0.25, -0.2) is 0 Å². The molecule has 0 bridgehead atoms. The van der Waals surface area contributed by atoms with Gasteiger partial charge in [0.1, 0.15) is 0 Å². The number of halogens is 1. The Morgan fingerprint density at radius 2 is 2.00 bits per heavy atom. The van der Waals surface area contributed by atoms with Gasteiger partial charge in [-0.2, -0.15) is 0 Å². The normalized spacial score (nSPS) is 22.2. The first-order chi connectivity index (χ1) is 10.1. The monoisotopic (exact) mass is 354 g/mol. The van der Waals surface area contributed by atoms with Crippen LogP contribution in [0.3, 0.4) is 0 Å². The standard InChI is InChI=1S/C16H23BrN2O2/c1-2-3-12-4-6-15(7-5-12)18-11-13-8-14(17)10-16(9-13)19(20)21/h8-10,12,15,18H,2-7,11H2,1H3. The molecule has 0 heterocycles. The fourth-order valence-electron chi connectivity index (χ4n) is 3.17. The molecule has 5 heteroatoms. The van der Waals surface area contributed by atoms with Gasteiger partial charge in [0.25, 0.3) is 5.69 Å². The number of hydrogen-bond donors (Lipinski definition) is 1. The number of hydrogen-bond acceptors (Lipinski definition) is 3. The number of non-ortho nitro benzene ring substituents is 1. The molecule has 1 fully saturated rings. The van der Waals surface area contributed by atoms with Crippen molar-refractivity contribution in [3.05, 3.63) is 38.3 Å². The highest BCUT2D eigenvalue weighted by molar-refractivity contribution is 9.10. The van der Waals surface area contributed by atoms with Gasteiger partial charge in [0.15, 0.2) is 0 Å². The lowest BCUT2D eigenvalue weighted by molar-refractivity contribution is -0.385. The van der Waals surface area contributed by atoms with Crippen molar-refractivity contribution in [1.82, 2.24) is 5.32 Å². The Bertz CT molecular complexity index is 485. The van der Waals surface area contributed by atoms with Gasteiger partial charge in [-0.1, -0.05) is 35.7 Å². The molecule has 116 valence electrons. The van der Waals surface area contributed by atoms with Crippen LogP contribution in [-0.4, -0.2) is 11.0 Å². The highest BCUT2D eigenvalue weighted by Gasteiger charge is 2.20. The minimum atomic E-state index is -0.343. The molecule has 0 amide bonds. The van der Waals surface area contributed by atoms with Crippen LogP contribution in [0, 0.1) is 16.0 Å². The van der Waals surface area contributed by atoms with E-state index < -0.39 is 0 Å². The van der Waals surface area contributed by atoms with Crippen molar-refractivity contribution < 1.29 is 4.92 Å². The van der Waals surface area contributed by atoms with E-state index >= 15 is 0 Å². The van der Waals surface area contributed by atoms with E-state index in [1.165, 1.54) is 38.5 Å². The summed E-state index contributed by atoms with van der Waals surface area (Å²) in [7, 11) is 0. The molecule has 0 atom stereocenters. The summed E-state index contributed by atoms with van der Waals surface area (Å²) < 4.78 is 0.764. The Hall–Kier alpha value is -0.940. The molecule has 1 N–H and O–H groups in total. The predicted molar refractivity (Wildman–Crippen MR) is 88.3 cm³/mol. The Morgan fingerprint density at radius 3 is 2.62 bits per heavy atom. The van der Waals surface area contributed by atoms with Crippen molar-refractivity contribution in [3.63, 3.8) is 0 Å². The van der Waals surface area contributed by atoms with Crippen LogP contribution in [0.2, 0.25) is 0 Å². The molecule has 0 aromatic heterocycles. The molecule has 4 nitrogen and oxygen atoms in total. The molecule has 1 aromatic carbocycles. The first-order valence-corrected chi connectivity index (χ1v) is 8.55. The molecule has 1 aromatic rings. The van der Waals surface area contributed by atoms with Gasteiger partial charge in [0.05, 0.1) is 4.92 Å². The Balaban J connectivity index is 1.85. The summed E-state index contributed by atoms with van der Waals surface area (Å²) in [6, 6.07) is 5.69. The maximum atomic E-state index is 10.9. The van der Waals surface area contributed by atoms with Crippen LogP contribution in [0.1, 0.15) is 51.0 Å². The number of nitrogens with zero attached hydrogens (tertiary/aromatic N) is 1. The quantitative estimate of drug-likeness (QED) is 0.589. The minimum Gasteiger partial charge on any atom is -0.310 e. The van der Waals surface area contributed by atoms with Gasteiger partial charge in [0, 0.05) is 29.2 Å². The lowest BCUT2D eigenvalue weighted by atomic mass is 9.83. The smallest absolute Gasteiger partial charge is 0.270 e. The van der Waals surface area contributed by atoms with Crippen LogP contribution >= 0.6 is 15.9 Å². The van der Waals surface area contributed by atoms with E-state index in [1.807, 2.05) is 6.07 Å². The third-order valence-electron chi connectivity index (χ3n) is 4.29. The van der Waals surface area contributed by atoms with Gasteiger partial charge in [-0.05, 0) is 43.2 Å². The molecule has 1 aliphatic carbocycles. The molecule has 0 unspecified atom stereocenters. The topological polar surface area (TPSA) is 55.2 Å². The highest BCUT2D eigenvalue weighted by atomic mass is 79.9. The average molecular weight is 355 g/mol. The van der Waals surface area contributed by atoms with Gasteiger partial charge in [-0.3, -0.25) is 10.1 Å². The van der Waals surface area contributed by atoms with Gasteiger partial charge in [0.2, 0.25) is 0 Å². The minimum absolute atomic E-state index is 0.146. The van der Waals surface area contributed by atoms with Crippen molar-refractivity contribution in [1.29, 1.82) is 0 Å². The highest BCUT2D eigenvalue weighted by Crippen LogP contribution is 2.28. The van der Waals surface area contributed by atoms with Crippen LogP contribution in [-0.2, 0) is 6.54 Å².